The molecule has 0 saturated carbocycles. The highest BCUT2D eigenvalue weighted by molar-refractivity contribution is 8.03. The van der Waals surface area contributed by atoms with E-state index in [0.717, 1.165) is 27.8 Å². The molecular formula is C16H15ClN2O2S. The monoisotopic (exact) mass is 334 g/mol. The Hall–Kier alpha value is -1.72. The summed E-state index contributed by atoms with van der Waals surface area (Å²) in [7, 11) is 0. The minimum absolute atomic E-state index is 0.0142. The van der Waals surface area contributed by atoms with Crippen molar-refractivity contribution in [3.8, 4) is 0 Å². The third-order valence-corrected chi connectivity index (χ3v) is 4.80. The Labute approximate surface area is 138 Å². The topological polar surface area (TPSA) is 46.3 Å². The smallest absolute Gasteiger partial charge is 0.258 e. The van der Waals surface area contributed by atoms with Gasteiger partial charge in [0.15, 0.2) is 0 Å². The minimum Gasteiger partial charge on any atom is -0.361 e. The van der Waals surface area contributed by atoms with Crippen molar-refractivity contribution in [2.75, 3.05) is 12.3 Å². The lowest BCUT2D eigenvalue weighted by atomic mass is 10.2. The van der Waals surface area contributed by atoms with Crippen LogP contribution in [0.2, 0.25) is 5.02 Å². The van der Waals surface area contributed by atoms with E-state index in [1.165, 1.54) is 0 Å². The summed E-state index contributed by atoms with van der Waals surface area (Å²) in [5.41, 5.74) is 2.41. The van der Waals surface area contributed by atoms with Crippen LogP contribution in [0.3, 0.4) is 0 Å². The number of thioether (sulfide) groups is 1. The third kappa shape index (κ3) is 2.91. The summed E-state index contributed by atoms with van der Waals surface area (Å²) in [6.45, 7) is 4.46. The summed E-state index contributed by atoms with van der Waals surface area (Å²) in [5.74, 6) is 1.63. The molecule has 1 saturated heterocycles. The molecule has 2 heterocycles. The van der Waals surface area contributed by atoms with Crippen molar-refractivity contribution < 1.29 is 9.32 Å². The van der Waals surface area contributed by atoms with E-state index >= 15 is 0 Å². The summed E-state index contributed by atoms with van der Waals surface area (Å²) in [4.78, 5) is 14.4. The van der Waals surface area contributed by atoms with Crippen molar-refractivity contribution >= 4 is 35.3 Å². The van der Waals surface area contributed by atoms with Gasteiger partial charge in [0.2, 0.25) is 0 Å². The molecule has 0 bridgehead atoms. The zero-order valence-electron chi connectivity index (χ0n) is 12.3. The summed E-state index contributed by atoms with van der Waals surface area (Å²) in [6.07, 6.45) is 1.98. The van der Waals surface area contributed by atoms with Gasteiger partial charge in [-0.05, 0) is 44.2 Å². The molecule has 0 aliphatic carbocycles. The number of rotatable bonds is 2. The van der Waals surface area contributed by atoms with Gasteiger partial charge in [-0.15, -0.1) is 11.8 Å². The predicted octanol–water partition coefficient (Wildman–Crippen LogP) is 4.13. The van der Waals surface area contributed by atoms with Crippen LogP contribution in [0.15, 0.2) is 33.8 Å². The molecule has 0 spiro atoms. The Morgan fingerprint density at radius 3 is 2.73 bits per heavy atom. The van der Waals surface area contributed by atoms with Crippen molar-refractivity contribution in [2.45, 2.75) is 13.8 Å². The van der Waals surface area contributed by atoms with Crippen molar-refractivity contribution in [1.82, 2.24) is 10.1 Å². The van der Waals surface area contributed by atoms with Crippen molar-refractivity contribution in [2.24, 2.45) is 0 Å². The number of halogens is 1. The quantitative estimate of drug-likeness (QED) is 0.828. The molecule has 1 aliphatic rings. The second-order valence-corrected chi connectivity index (χ2v) is 6.58. The van der Waals surface area contributed by atoms with Gasteiger partial charge in [-0.2, -0.15) is 0 Å². The van der Waals surface area contributed by atoms with Gasteiger partial charge in [-0.1, -0.05) is 16.8 Å². The molecule has 0 unspecified atom stereocenters. The molecule has 114 valence electrons. The second-order valence-electron chi connectivity index (χ2n) is 5.03. The van der Waals surface area contributed by atoms with Crippen LogP contribution in [-0.2, 0) is 0 Å². The number of carbonyl (C=O) groups excluding carboxylic acids is 1. The molecule has 1 aromatic carbocycles. The first-order valence-electron chi connectivity index (χ1n) is 6.91. The van der Waals surface area contributed by atoms with Crippen LogP contribution < -0.4 is 0 Å². The number of benzene rings is 1. The number of carbonyl (C=O) groups is 1. The molecule has 1 amide bonds. The Kier molecular flexibility index (Phi) is 4.27. The summed E-state index contributed by atoms with van der Waals surface area (Å²) in [6, 6.07) is 6.97. The molecule has 22 heavy (non-hydrogen) atoms. The molecule has 0 atom stereocenters. The largest absolute Gasteiger partial charge is 0.361 e. The Morgan fingerprint density at radius 1 is 1.36 bits per heavy atom. The van der Waals surface area contributed by atoms with E-state index < -0.39 is 0 Å². The maximum Gasteiger partial charge on any atom is 0.258 e. The SMILES string of the molecule is Cc1noc(C)c1/C=C1/SCCN1C(=O)c1ccc(Cl)cc1. The Morgan fingerprint density at radius 2 is 2.09 bits per heavy atom. The molecule has 4 nitrogen and oxygen atoms in total. The lowest BCUT2D eigenvalue weighted by molar-refractivity contribution is 0.0831. The maximum absolute atomic E-state index is 12.7. The number of hydrogen-bond acceptors (Lipinski definition) is 4. The number of aryl methyl sites for hydroxylation is 2. The van der Waals surface area contributed by atoms with Crippen LogP contribution in [0.25, 0.3) is 6.08 Å². The standard InChI is InChI=1S/C16H15ClN2O2S/c1-10-14(11(2)21-18-10)9-15-19(7-8-22-15)16(20)12-3-5-13(17)6-4-12/h3-6,9H,7-8H2,1-2H3/b15-9+. The fourth-order valence-electron chi connectivity index (χ4n) is 2.32. The van der Waals surface area contributed by atoms with Crippen molar-refractivity contribution in [3.05, 3.63) is 56.9 Å². The zero-order chi connectivity index (χ0) is 15.7. The summed E-state index contributed by atoms with van der Waals surface area (Å²) >= 11 is 7.54. The Balaban J connectivity index is 1.90. The van der Waals surface area contributed by atoms with Crippen LogP contribution in [0.4, 0.5) is 0 Å². The molecule has 1 aliphatic heterocycles. The van der Waals surface area contributed by atoms with E-state index in [1.807, 2.05) is 19.9 Å². The predicted molar refractivity (Wildman–Crippen MR) is 88.9 cm³/mol. The molecule has 2 aromatic rings. The van der Waals surface area contributed by atoms with Gasteiger partial charge in [0, 0.05) is 28.4 Å². The lowest BCUT2D eigenvalue weighted by Gasteiger charge is -2.17. The van der Waals surface area contributed by atoms with E-state index in [-0.39, 0.29) is 5.91 Å². The Bertz CT molecular complexity index is 718. The van der Waals surface area contributed by atoms with Gasteiger partial charge in [0.05, 0.1) is 10.7 Å². The average molecular weight is 335 g/mol. The first kappa shape index (κ1) is 15.2. The highest BCUT2D eigenvalue weighted by atomic mass is 35.5. The number of nitrogens with zero attached hydrogens (tertiary/aromatic N) is 2. The zero-order valence-corrected chi connectivity index (χ0v) is 13.9. The number of amides is 1. The fourth-order valence-corrected chi connectivity index (χ4v) is 3.46. The van der Waals surface area contributed by atoms with Gasteiger partial charge >= 0.3 is 0 Å². The molecule has 6 heteroatoms. The number of hydrogen-bond donors (Lipinski definition) is 0. The third-order valence-electron chi connectivity index (χ3n) is 3.52. The molecule has 3 rings (SSSR count). The summed E-state index contributed by atoms with van der Waals surface area (Å²) in [5, 5.41) is 5.50. The van der Waals surface area contributed by atoms with Gasteiger partial charge in [0.1, 0.15) is 5.76 Å². The summed E-state index contributed by atoms with van der Waals surface area (Å²) < 4.78 is 5.18. The van der Waals surface area contributed by atoms with Crippen LogP contribution in [0.5, 0.6) is 0 Å². The van der Waals surface area contributed by atoms with Gasteiger partial charge < -0.3 is 9.42 Å². The molecular weight excluding hydrogens is 320 g/mol. The number of aromatic nitrogens is 1. The van der Waals surface area contributed by atoms with E-state index in [9.17, 15) is 4.79 Å². The molecule has 0 N–H and O–H groups in total. The molecule has 0 radical (unpaired) electrons. The van der Waals surface area contributed by atoms with Crippen molar-refractivity contribution in [1.29, 1.82) is 0 Å². The normalized spacial score (nSPS) is 16.5. The first-order valence-corrected chi connectivity index (χ1v) is 8.27. The first-order chi connectivity index (χ1) is 10.6. The maximum atomic E-state index is 12.7. The van der Waals surface area contributed by atoms with E-state index in [0.29, 0.717) is 17.1 Å². The van der Waals surface area contributed by atoms with Gasteiger partial charge in [-0.3, -0.25) is 4.79 Å². The highest BCUT2D eigenvalue weighted by Crippen LogP contribution is 2.32. The second kappa shape index (κ2) is 6.18. The van der Waals surface area contributed by atoms with Crippen LogP contribution in [0, 0.1) is 13.8 Å². The molecule has 1 fully saturated rings. The van der Waals surface area contributed by atoms with Crippen molar-refractivity contribution in [3.63, 3.8) is 0 Å². The van der Waals surface area contributed by atoms with Crippen LogP contribution in [0.1, 0.15) is 27.4 Å². The average Bonchev–Trinajstić information content (AvgIpc) is 3.09. The van der Waals surface area contributed by atoms with Crippen LogP contribution >= 0.6 is 23.4 Å². The van der Waals surface area contributed by atoms with E-state index in [4.69, 9.17) is 16.1 Å². The van der Waals surface area contributed by atoms with E-state index in [1.54, 1.807) is 40.9 Å². The van der Waals surface area contributed by atoms with Gasteiger partial charge in [0.25, 0.3) is 5.91 Å². The van der Waals surface area contributed by atoms with E-state index in [2.05, 4.69) is 5.16 Å². The fraction of sp³-hybridized carbons (Fsp3) is 0.250. The highest BCUT2D eigenvalue weighted by Gasteiger charge is 2.26. The lowest BCUT2D eigenvalue weighted by Crippen LogP contribution is -2.26. The van der Waals surface area contributed by atoms with Gasteiger partial charge in [-0.25, -0.2) is 0 Å². The molecule has 1 aromatic heterocycles. The van der Waals surface area contributed by atoms with Crippen LogP contribution in [-0.4, -0.2) is 28.3 Å². The minimum atomic E-state index is -0.0142.